The molecule has 0 bridgehead atoms. The first-order valence-corrected chi connectivity index (χ1v) is 7.32. The Hall–Kier alpha value is -0.300. The summed E-state index contributed by atoms with van der Waals surface area (Å²) < 4.78 is 37.5. The molecule has 2 heterocycles. The van der Waals surface area contributed by atoms with E-state index < -0.39 is 11.1 Å². The molecule has 1 unspecified atom stereocenters. The van der Waals surface area contributed by atoms with Crippen LogP contribution < -0.4 is 5.73 Å². The molecule has 0 spiro atoms. The summed E-state index contributed by atoms with van der Waals surface area (Å²) in [6.45, 7) is 4.48. The van der Waals surface area contributed by atoms with Gasteiger partial charge in [-0.2, -0.15) is 13.2 Å². The van der Waals surface area contributed by atoms with Gasteiger partial charge in [-0.25, -0.2) is 0 Å². The monoisotopic (exact) mass is 328 g/mol. The minimum absolute atomic E-state index is 0. The Morgan fingerprint density at radius 2 is 1.95 bits per heavy atom. The Labute approximate surface area is 127 Å². The molecule has 1 aliphatic rings. The fourth-order valence-corrected chi connectivity index (χ4v) is 3.39. The summed E-state index contributed by atoms with van der Waals surface area (Å²) in [5.41, 5.74) is 5.87. The van der Waals surface area contributed by atoms with Gasteiger partial charge in [-0.15, -0.1) is 23.7 Å². The first-order valence-electron chi connectivity index (χ1n) is 6.50. The highest BCUT2D eigenvalue weighted by Gasteiger charge is 2.32. The topological polar surface area (TPSA) is 29.3 Å². The predicted molar refractivity (Wildman–Crippen MR) is 78.2 cm³/mol. The number of piperidine rings is 1. The molecule has 1 aliphatic heterocycles. The van der Waals surface area contributed by atoms with E-state index in [0.717, 1.165) is 42.1 Å². The molecule has 20 heavy (non-hydrogen) atoms. The minimum Gasteiger partial charge on any atom is -0.328 e. The normalized spacial score (nSPS) is 19.6. The summed E-state index contributed by atoms with van der Waals surface area (Å²) in [5, 5.41) is 0. The lowest BCUT2D eigenvalue weighted by atomic mass is 9.91. The number of rotatable bonds is 3. The predicted octanol–water partition coefficient (Wildman–Crippen LogP) is 3.75. The van der Waals surface area contributed by atoms with Crippen molar-refractivity contribution in [2.75, 3.05) is 13.1 Å². The number of halogens is 4. The van der Waals surface area contributed by atoms with Crippen LogP contribution in [0.15, 0.2) is 12.1 Å². The van der Waals surface area contributed by atoms with Crippen molar-refractivity contribution in [1.82, 2.24) is 4.90 Å². The summed E-state index contributed by atoms with van der Waals surface area (Å²) in [6.07, 6.45) is -2.14. The maximum Gasteiger partial charge on any atom is 0.425 e. The number of likely N-dealkylation sites (tertiary alicyclic amines) is 1. The van der Waals surface area contributed by atoms with Gasteiger partial charge in [-0.1, -0.05) is 0 Å². The molecule has 2 rings (SSSR count). The molecule has 0 saturated carbocycles. The van der Waals surface area contributed by atoms with Crippen LogP contribution in [0.1, 0.15) is 29.5 Å². The van der Waals surface area contributed by atoms with Crippen LogP contribution >= 0.6 is 23.7 Å². The molecule has 0 aromatic carbocycles. The van der Waals surface area contributed by atoms with Crippen molar-refractivity contribution in [1.29, 1.82) is 0 Å². The first-order chi connectivity index (χ1) is 8.86. The molecule has 7 heteroatoms. The smallest absolute Gasteiger partial charge is 0.328 e. The Kier molecular flexibility index (Phi) is 6.31. The second kappa shape index (κ2) is 7.11. The van der Waals surface area contributed by atoms with Gasteiger partial charge in [0.1, 0.15) is 4.88 Å². The third-order valence-electron chi connectivity index (χ3n) is 3.70. The van der Waals surface area contributed by atoms with Gasteiger partial charge in [-0.05, 0) is 50.9 Å². The van der Waals surface area contributed by atoms with Crippen LogP contribution in [0.2, 0.25) is 0 Å². The van der Waals surface area contributed by atoms with Crippen molar-refractivity contribution in [2.45, 2.75) is 38.5 Å². The lowest BCUT2D eigenvalue weighted by Crippen LogP contribution is -2.39. The number of thiophene rings is 1. The maximum atomic E-state index is 12.5. The molecule has 1 saturated heterocycles. The van der Waals surface area contributed by atoms with E-state index in [1.165, 1.54) is 6.07 Å². The molecule has 0 amide bonds. The summed E-state index contributed by atoms with van der Waals surface area (Å²) in [5.74, 6) is 0.547. The highest BCUT2D eigenvalue weighted by atomic mass is 35.5. The largest absolute Gasteiger partial charge is 0.425 e. The van der Waals surface area contributed by atoms with E-state index in [1.54, 1.807) is 6.07 Å². The van der Waals surface area contributed by atoms with Crippen LogP contribution in [0.25, 0.3) is 0 Å². The van der Waals surface area contributed by atoms with E-state index in [-0.39, 0.29) is 18.4 Å². The highest BCUT2D eigenvalue weighted by Crippen LogP contribution is 2.35. The van der Waals surface area contributed by atoms with Gasteiger partial charge in [-0.3, -0.25) is 4.90 Å². The van der Waals surface area contributed by atoms with Gasteiger partial charge in [0.2, 0.25) is 0 Å². The van der Waals surface area contributed by atoms with Crippen molar-refractivity contribution in [2.24, 2.45) is 11.7 Å². The average molecular weight is 329 g/mol. The molecular formula is C13H20ClF3N2S. The van der Waals surface area contributed by atoms with Crippen LogP contribution in [0, 0.1) is 5.92 Å². The van der Waals surface area contributed by atoms with Gasteiger partial charge >= 0.3 is 6.18 Å². The third kappa shape index (κ3) is 4.62. The van der Waals surface area contributed by atoms with Crippen molar-refractivity contribution < 1.29 is 13.2 Å². The first kappa shape index (κ1) is 17.8. The van der Waals surface area contributed by atoms with Crippen LogP contribution in [0.3, 0.4) is 0 Å². The zero-order chi connectivity index (χ0) is 14.0. The highest BCUT2D eigenvalue weighted by molar-refractivity contribution is 7.12. The Bertz CT molecular complexity index is 412. The Morgan fingerprint density at radius 3 is 2.40 bits per heavy atom. The standard InChI is InChI=1S/C13H19F3N2S.ClH/c1-9(17)10-4-6-18(7-5-10)8-11-2-3-12(19-11)13(14,15)16;/h2-3,9-10H,4-8,17H2,1H3;1H. The van der Waals surface area contributed by atoms with Crippen molar-refractivity contribution >= 4 is 23.7 Å². The van der Waals surface area contributed by atoms with Crippen molar-refractivity contribution in [3.63, 3.8) is 0 Å². The number of hydrogen-bond acceptors (Lipinski definition) is 3. The van der Waals surface area contributed by atoms with Crippen molar-refractivity contribution in [3.8, 4) is 0 Å². The van der Waals surface area contributed by atoms with Gasteiger partial charge in [0.05, 0.1) is 0 Å². The average Bonchev–Trinajstić information content (AvgIpc) is 2.78. The molecule has 1 atom stereocenters. The molecule has 1 aromatic rings. The van der Waals surface area contributed by atoms with Gasteiger partial charge < -0.3 is 5.73 Å². The molecule has 0 aliphatic carbocycles. The van der Waals surface area contributed by atoms with Gasteiger partial charge in [0.25, 0.3) is 0 Å². The molecule has 116 valence electrons. The lowest BCUT2D eigenvalue weighted by Gasteiger charge is -2.33. The second-order valence-electron chi connectivity index (χ2n) is 5.24. The van der Waals surface area contributed by atoms with E-state index in [9.17, 15) is 13.2 Å². The Balaban J connectivity index is 0.00000200. The van der Waals surface area contributed by atoms with Crippen LogP contribution in [0.5, 0.6) is 0 Å². The van der Waals surface area contributed by atoms with Gasteiger partial charge in [0.15, 0.2) is 0 Å². The second-order valence-corrected chi connectivity index (χ2v) is 6.40. The van der Waals surface area contributed by atoms with E-state index >= 15 is 0 Å². The number of hydrogen-bond donors (Lipinski definition) is 1. The van der Waals surface area contributed by atoms with Crippen LogP contribution in [-0.2, 0) is 12.7 Å². The minimum atomic E-state index is -4.22. The molecular weight excluding hydrogens is 309 g/mol. The number of nitrogens with two attached hydrogens (primary N) is 1. The fraction of sp³-hybridized carbons (Fsp3) is 0.692. The number of nitrogens with zero attached hydrogens (tertiary/aromatic N) is 1. The van der Waals surface area contributed by atoms with Crippen LogP contribution in [-0.4, -0.2) is 24.0 Å². The molecule has 2 nitrogen and oxygen atoms in total. The summed E-state index contributed by atoms with van der Waals surface area (Å²) in [4.78, 5) is 2.49. The van der Waals surface area contributed by atoms with Crippen molar-refractivity contribution in [3.05, 3.63) is 21.9 Å². The summed E-state index contributed by atoms with van der Waals surface area (Å²) in [6, 6.07) is 2.97. The Morgan fingerprint density at radius 1 is 1.35 bits per heavy atom. The fourth-order valence-electron chi connectivity index (χ4n) is 2.47. The third-order valence-corrected chi connectivity index (χ3v) is 4.81. The van der Waals surface area contributed by atoms with E-state index in [0.29, 0.717) is 12.5 Å². The molecule has 1 fully saturated rings. The summed E-state index contributed by atoms with van der Waals surface area (Å²) in [7, 11) is 0. The molecule has 2 N–H and O–H groups in total. The summed E-state index contributed by atoms with van der Waals surface area (Å²) >= 11 is 0.849. The lowest BCUT2D eigenvalue weighted by molar-refractivity contribution is -0.134. The van der Waals surface area contributed by atoms with Gasteiger partial charge in [0, 0.05) is 17.5 Å². The molecule has 1 aromatic heterocycles. The SMILES string of the molecule is CC(N)C1CCN(Cc2ccc(C(F)(F)F)s2)CC1.Cl. The number of alkyl halides is 3. The van der Waals surface area contributed by atoms with E-state index in [4.69, 9.17) is 5.73 Å². The van der Waals surface area contributed by atoms with E-state index in [1.807, 2.05) is 6.92 Å². The zero-order valence-electron chi connectivity index (χ0n) is 11.3. The van der Waals surface area contributed by atoms with E-state index in [2.05, 4.69) is 4.90 Å². The zero-order valence-corrected chi connectivity index (χ0v) is 13.0. The maximum absolute atomic E-state index is 12.5. The quantitative estimate of drug-likeness (QED) is 0.915. The van der Waals surface area contributed by atoms with Crippen LogP contribution in [0.4, 0.5) is 13.2 Å². The molecule has 0 radical (unpaired) electrons.